The Morgan fingerprint density at radius 2 is 1.42 bits per heavy atom. The standard InChI is InChI=1S/C23H34N2O4S2/c1-16(2)25-30(26,27)15-20-11-9-8-10-19(20)14-24-31(28,29)22-17(3)12-21(13-18(22)4)23(5,6)7/h8-13,16,24-25H,14-15H2,1-7H3. The molecule has 0 spiro atoms. The molecule has 0 radical (unpaired) electrons. The number of benzene rings is 2. The van der Waals surface area contributed by atoms with Crippen LogP contribution in [-0.2, 0) is 37.8 Å². The first-order valence-electron chi connectivity index (χ1n) is 10.3. The van der Waals surface area contributed by atoms with E-state index in [1.54, 1.807) is 52.0 Å². The van der Waals surface area contributed by atoms with Gasteiger partial charge in [-0.2, -0.15) is 0 Å². The summed E-state index contributed by atoms with van der Waals surface area (Å²) in [6.45, 7) is 13.4. The normalized spacial score (nSPS) is 13.0. The lowest BCUT2D eigenvalue weighted by Gasteiger charge is -2.22. The molecule has 0 heterocycles. The van der Waals surface area contributed by atoms with Crippen molar-refractivity contribution in [2.45, 2.75) is 77.1 Å². The quantitative estimate of drug-likeness (QED) is 0.617. The van der Waals surface area contributed by atoms with E-state index in [1.165, 1.54) is 0 Å². The highest BCUT2D eigenvalue weighted by Crippen LogP contribution is 2.29. The maximum atomic E-state index is 13.1. The fraction of sp³-hybridized carbons (Fsp3) is 0.478. The van der Waals surface area contributed by atoms with E-state index in [1.807, 2.05) is 12.1 Å². The Hall–Kier alpha value is -1.74. The van der Waals surface area contributed by atoms with E-state index >= 15 is 0 Å². The van der Waals surface area contributed by atoms with Gasteiger partial charge in [0, 0.05) is 12.6 Å². The van der Waals surface area contributed by atoms with E-state index in [-0.39, 0.29) is 28.6 Å². The molecular weight excluding hydrogens is 432 g/mol. The lowest BCUT2D eigenvalue weighted by atomic mass is 9.85. The zero-order chi connectivity index (χ0) is 23.6. The molecule has 172 valence electrons. The van der Waals surface area contributed by atoms with Crippen LogP contribution in [0.5, 0.6) is 0 Å². The summed E-state index contributed by atoms with van der Waals surface area (Å²) in [4.78, 5) is 0.270. The summed E-state index contributed by atoms with van der Waals surface area (Å²) in [6.07, 6.45) is 0. The Bertz CT molecular complexity index is 1120. The minimum Gasteiger partial charge on any atom is -0.212 e. The Kier molecular flexibility index (Phi) is 7.74. The zero-order valence-electron chi connectivity index (χ0n) is 19.4. The summed E-state index contributed by atoms with van der Waals surface area (Å²) in [5, 5.41) is 0. The summed E-state index contributed by atoms with van der Waals surface area (Å²) in [6, 6.07) is 10.6. The molecule has 2 rings (SSSR count). The molecule has 0 aliphatic rings. The van der Waals surface area contributed by atoms with Crippen molar-refractivity contribution >= 4 is 20.0 Å². The van der Waals surface area contributed by atoms with Crippen molar-refractivity contribution in [3.05, 3.63) is 64.2 Å². The van der Waals surface area contributed by atoms with Gasteiger partial charge in [-0.3, -0.25) is 0 Å². The number of hydrogen-bond donors (Lipinski definition) is 2. The first kappa shape index (κ1) is 25.5. The van der Waals surface area contributed by atoms with Gasteiger partial charge in [0.25, 0.3) is 0 Å². The third kappa shape index (κ3) is 6.87. The predicted molar refractivity (Wildman–Crippen MR) is 126 cm³/mol. The molecule has 8 heteroatoms. The SMILES string of the molecule is Cc1cc(C(C)(C)C)cc(C)c1S(=O)(=O)NCc1ccccc1CS(=O)(=O)NC(C)C. The molecule has 0 bridgehead atoms. The summed E-state index contributed by atoms with van der Waals surface area (Å²) in [5.74, 6) is -0.207. The van der Waals surface area contributed by atoms with Crippen LogP contribution in [0.3, 0.4) is 0 Å². The Morgan fingerprint density at radius 1 is 0.903 bits per heavy atom. The number of nitrogens with one attached hydrogen (secondary N) is 2. The van der Waals surface area contributed by atoms with Crippen molar-refractivity contribution < 1.29 is 16.8 Å². The molecule has 0 fully saturated rings. The van der Waals surface area contributed by atoms with Crippen molar-refractivity contribution in [1.29, 1.82) is 0 Å². The van der Waals surface area contributed by atoms with Gasteiger partial charge in [0.05, 0.1) is 10.6 Å². The van der Waals surface area contributed by atoms with Gasteiger partial charge in [-0.25, -0.2) is 26.3 Å². The second kappa shape index (κ2) is 9.40. The van der Waals surface area contributed by atoms with Crippen molar-refractivity contribution in [2.75, 3.05) is 0 Å². The van der Waals surface area contributed by atoms with E-state index in [9.17, 15) is 16.8 Å². The number of aryl methyl sites for hydroxylation is 2. The lowest BCUT2D eigenvalue weighted by Crippen LogP contribution is -2.32. The summed E-state index contributed by atoms with van der Waals surface area (Å²) in [5.41, 5.74) is 3.56. The molecule has 0 unspecified atom stereocenters. The maximum Gasteiger partial charge on any atom is 0.241 e. The van der Waals surface area contributed by atoms with Gasteiger partial charge in [-0.15, -0.1) is 0 Å². The fourth-order valence-electron chi connectivity index (χ4n) is 3.53. The third-order valence-electron chi connectivity index (χ3n) is 4.93. The van der Waals surface area contributed by atoms with Crippen LogP contribution in [0.25, 0.3) is 0 Å². The first-order valence-corrected chi connectivity index (χ1v) is 13.4. The van der Waals surface area contributed by atoms with Crippen LogP contribution in [0.1, 0.15) is 62.4 Å². The monoisotopic (exact) mass is 466 g/mol. The number of rotatable bonds is 8. The third-order valence-corrected chi connectivity index (χ3v) is 8.15. The molecule has 0 saturated carbocycles. The molecule has 0 aromatic heterocycles. The molecule has 2 aromatic carbocycles. The van der Waals surface area contributed by atoms with E-state index < -0.39 is 20.0 Å². The smallest absolute Gasteiger partial charge is 0.212 e. The Morgan fingerprint density at radius 3 is 1.90 bits per heavy atom. The highest BCUT2D eigenvalue weighted by molar-refractivity contribution is 7.89. The minimum atomic E-state index is -3.78. The van der Waals surface area contributed by atoms with Gasteiger partial charge in [0.2, 0.25) is 20.0 Å². The molecule has 0 aliphatic carbocycles. The maximum absolute atomic E-state index is 13.1. The van der Waals surface area contributed by atoms with Crippen molar-refractivity contribution in [1.82, 2.24) is 9.44 Å². The number of sulfonamides is 2. The second-order valence-corrected chi connectivity index (χ2v) is 12.8. The van der Waals surface area contributed by atoms with Crippen LogP contribution in [0.15, 0.2) is 41.3 Å². The molecule has 31 heavy (non-hydrogen) atoms. The van der Waals surface area contributed by atoms with Gasteiger partial charge in [0.1, 0.15) is 0 Å². The van der Waals surface area contributed by atoms with Crippen molar-refractivity contribution in [2.24, 2.45) is 0 Å². The van der Waals surface area contributed by atoms with Crippen molar-refractivity contribution in [3.63, 3.8) is 0 Å². The van der Waals surface area contributed by atoms with Gasteiger partial charge >= 0.3 is 0 Å². The van der Waals surface area contributed by atoms with Gasteiger partial charge in [-0.1, -0.05) is 57.2 Å². The highest BCUT2D eigenvalue weighted by atomic mass is 32.2. The van der Waals surface area contributed by atoms with Crippen LogP contribution in [0.2, 0.25) is 0 Å². The van der Waals surface area contributed by atoms with Gasteiger partial charge in [0.15, 0.2) is 0 Å². The average molecular weight is 467 g/mol. The Balaban J connectivity index is 2.30. The molecule has 0 amide bonds. The van der Waals surface area contributed by atoms with E-state index in [4.69, 9.17) is 0 Å². The van der Waals surface area contributed by atoms with Crippen LogP contribution in [-0.4, -0.2) is 22.9 Å². The second-order valence-electron chi connectivity index (χ2n) is 9.31. The highest BCUT2D eigenvalue weighted by Gasteiger charge is 2.24. The van der Waals surface area contributed by atoms with Crippen LogP contribution in [0.4, 0.5) is 0 Å². The largest absolute Gasteiger partial charge is 0.241 e. The molecule has 2 aromatic rings. The van der Waals surface area contributed by atoms with Crippen LogP contribution < -0.4 is 9.44 Å². The van der Waals surface area contributed by atoms with E-state index in [2.05, 4.69) is 30.2 Å². The van der Waals surface area contributed by atoms with Gasteiger partial charge in [-0.05, 0) is 60.9 Å². The number of hydrogen-bond acceptors (Lipinski definition) is 4. The van der Waals surface area contributed by atoms with Crippen LogP contribution in [0, 0.1) is 13.8 Å². The van der Waals surface area contributed by atoms with Gasteiger partial charge < -0.3 is 0 Å². The predicted octanol–water partition coefficient (Wildman–Crippen LogP) is 3.91. The minimum absolute atomic E-state index is 0.00953. The zero-order valence-corrected chi connectivity index (χ0v) is 21.0. The molecular formula is C23H34N2O4S2. The average Bonchev–Trinajstić information content (AvgIpc) is 2.57. The summed E-state index contributed by atoms with van der Waals surface area (Å²) < 4.78 is 56.1. The topological polar surface area (TPSA) is 92.3 Å². The van der Waals surface area contributed by atoms with Crippen LogP contribution >= 0.6 is 0 Å². The molecule has 6 nitrogen and oxygen atoms in total. The fourth-order valence-corrected chi connectivity index (χ4v) is 6.48. The van der Waals surface area contributed by atoms with E-state index in [0.29, 0.717) is 22.3 Å². The first-order chi connectivity index (χ1) is 14.1. The molecule has 0 atom stereocenters. The summed E-state index contributed by atoms with van der Waals surface area (Å²) in [7, 11) is -7.30. The molecule has 2 N–H and O–H groups in total. The van der Waals surface area contributed by atoms with E-state index in [0.717, 1.165) is 5.56 Å². The molecule has 0 aliphatic heterocycles. The lowest BCUT2D eigenvalue weighted by molar-refractivity contribution is 0.568. The summed E-state index contributed by atoms with van der Waals surface area (Å²) >= 11 is 0. The Labute approximate surface area is 187 Å². The van der Waals surface area contributed by atoms with Crippen molar-refractivity contribution in [3.8, 4) is 0 Å². The molecule has 0 saturated heterocycles.